The van der Waals surface area contributed by atoms with Crippen molar-refractivity contribution in [3.63, 3.8) is 0 Å². The highest BCUT2D eigenvalue weighted by molar-refractivity contribution is 7.10. The summed E-state index contributed by atoms with van der Waals surface area (Å²) in [7, 11) is 3.28. The number of carbonyl (C=O) groups is 1. The Morgan fingerprint density at radius 3 is 2.55 bits per heavy atom. The SMILES string of the molecule is COc1cc2c(cc1OC)[C@H](c1cccs1)N(C(=O)COc1cccc(C)c1C)CC2. The molecule has 2 aromatic carbocycles. The summed E-state index contributed by atoms with van der Waals surface area (Å²) >= 11 is 1.65. The first-order valence-electron chi connectivity index (χ1n) is 10.3. The predicted octanol–water partition coefficient (Wildman–Crippen LogP) is 4.94. The number of thiophene rings is 1. The molecule has 2 heterocycles. The van der Waals surface area contributed by atoms with E-state index in [4.69, 9.17) is 14.2 Å². The van der Waals surface area contributed by atoms with Crippen molar-refractivity contribution in [2.45, 2.75) is 26.3 Å². The van der Waals surface area contributed by atoms with Crippen molar-refractivity contribution in [1.29, 1.82) is 0 Å². The van der Waals surface area contributed by atoms with E-state index in [1.807, 2.05) is 60.5 Å². The van der Waals surface area contributed by atoms with E-state index in [2.05, 4.69) is 6.07 Å². The number of fused-ring (bicyclic) bond motifs is 1. The first-order valence-corrected chi connectivity index (χ1v) is 11.2. The Labute approximate surface area is 187 Å². The molecule has 0 spiro atoms. The van der Waals surface area contributed by atoms with E-state index in [9.17, 15) is 4.79 Å². The minimum Gasteiger partial charge on any atom is -0.493 e. The molecule has 1 atom stereocenters. The molecule has 6 heteroatoms. The molecule has 0 fully saturated rings. The van der Waals surface area contributed by atoms with Gasteiger partial charge in [0.15, 0.2) is 18.1 Å². The second-order valence-corrected chi connectivity index (χ2v) is 8.63. The molecule has 1 aliphatic heterocycles. The Balaban J connectivity index is 1.65. The highest BCUT2D eigenvalue weighted by atomic mass is 32.1. The van der Waals surface area contributed by atoms with Gasteiger partial charge in [0.2, 0.25) is 0 Å². The Bertz CT molecular complexity index is 1080. The number of nitrogens with zero attached hydrogens (tertiary/aromatic N) is 1. The third-order valence-electron chi connectivity index (χ3n) is 5.91. The smallest absolute Gasteiger partial charge is 0.261 e. The summed E-state index contributed by atoms with van der Waals surface area (Å²) in [6.45, 7) is 4.69. The average molecular weight is 438 g/mol. The van der Waals surface area contributed by atoms with Crippen molar-refractivity contribution >= 4 is 17.2 Å². The van der Waals surface area contributed by atoms with Crippen LogP contribution in [0.1, 0.15) is 33.2 Å². The lowest BCUT2D eigenvalue weighted by Gasteiger charge is -2.37. The summed E-state index contributed by atoms with van der Waals surface area (Å²) in [6.07, 6.45) is 0.757. The fourth-order valence-electron chi connectivity index (χ4n) is 4.07. The molecule has 1 aliphatic rings. The van der Waals surface area contributed by atoms with E-state index in [0.29, 0.717) is 18.0 Å². The van der Waals surface area contributed by atoms with Gasteiger partial charge in [-0.3, -0.25) is 4.79 Å². The van der Waals surface area contributed by atoms with Crippen LogP contribution in [0.2, 0.25) is 0 Å². The lowest BCUT2D eigenvalue weighted by atomic mass is 9.90. The fourth-order valence-corrected chi connectivity index (χ4v) is 4.93. The van der Waals surface area contributed by atoms with Crippen molar-refractivity contribution < 1.29 is 19.0 Å². The summed E-state index contributed by atoms with van der Waals surface area (Å²) in [4.78, 5) is 16.4. The van der Waals surface area contributed by atoms with Crippen molar-refractivity contribution in [3.8, 4) is 17.2 Å². The molecule has 0 unspecified atom stereocenters. The van der Waals surface area contributed by atoms with E-state index in [1.165, 1.54) is 5.56 Å². The first kappa shape index (κ1) is 21.2. The number of methoxy groups -OCH3 is 2. The number of aryl methyl sites for hydroxylation is 1. The van der Waals surface area contributed by atoms with Gasteiger partial charge in [0.05, 0.1) is 20.3 Å². The van der Waals surface area contributed by atoms with Gasteiger partial charge in [-0.1, -0.05) is 18.2 Å². The molecule has 0 saturated heterocycles. The fraction of sp³-hybridized carbons (Fsp3) is 0.320. The van der Waals surface area contributed by atoms with Gasteiger partial charge >= 0.3 is 0 Å². The summed E-state index contributed by atoms with van der Waals surface area (Å²) < 4.78 is 17.0. The molecule has 0 N–H and O–H groups in total. The van der Waals surface area contributed by atoms with Gasteiger partial charge in [-0.15, -0.1) is 11.3 Å². The Morgan fingerprint density at radius 2 is 1.84 bits per heavy atom. The van der Waals surface area contributed by atoms with Gasteiger partial charge in [-0.2, -0.15) is 0 Å². The van der Waals surface area contributed by atoms with Crippen molar-refractivity contribution in [2.75, 3.05) is 27.4 Å². The molecule has 162 valence electrons. The first-order chi connectivity index (χ1) is 15.0. The normalized spacial score (nSPS) is 15.4. The van der Waals surface area contributed by atoms with Crippen LogP contribution in [0.15, 0.2) is 47.8 Å². The van der Waals surface area contributed by atoms with Crippen LogP contribution in [0.5, 0.6) is 17.2 Å². The number of benzene rings is 2. The van der Waals surface area contributed by atoms with E-state index >= 15 is 0 Å². The third-order valence-corrected chi connectivity index (χ3v) is 6.84. The topological polar surface area (TPSA) is 48.0 Å². The minimum absolute atomic E-state index is 0.00872. The van der Waals surface area contributed by atoms with Gasteiger partial charge in [0.25, 0.3) is 5.91 Å². The highest BCUT2D eigenvalue weighted by Gasteiger charge is 2.34. The number of ether oxygens (including phenoxy) is 3. The van der Waals surface area contributed by atoms with Gasteiger partial charge in [-0.05, 0) is 72.2 Å². The van der Waals surface area contributed by atoms with Crippen LogP contribution in [-0.4, -0.2) is 38.2 Å². The molecule has 0 saturated carbocycles. The van der Waals surface area contributed by atoms with E-state index in [1.54, 1.807) is 25.6 Å². The van der Waals surface area contributed by atoms with Crippen LogP contribution in [-0.2, 0) is 11.2 Å². The zero-order valence-corrected chi connectivity index (χ0v) is 19.1. The standard InChI is InChI=1S/C25H27NO4S/c1-16-7-5-8-20(17(16)2)30-15-24(27)26-11-10-18-13-21(28-3)22(29-4)14-19(18)25(26)23-9-6-12-31-23/h5-9,12-14,25H,10-11,15H2,1-4H3/t25-/m1/s1. The Kier molecular flexibility index (Phi) is 6.18. The van der Waals surface area contributed by atoms with Crippen molar-refractivity contribution in [1.82, 2.24) is 4.90 Å². The molecular weight excluding hydrogens is 410 g/mol. The van der Waals surface area contributed by atoms with Gasteiger partial charge in [0.1, 0.15) is 5.75 Å². The maximum absolute atomic E-state index is 13.3. The summed E-state index contributed by atoms with van der Waals surface area (Å²) in [5, 5.41) is 2.04. The van der Waals surface area contributed by atoms with Crippen LogP contribution in [0.3, 0.4) is 0 Å². The number of hydrogen-bond donors (Lipinski definition) is 0. The average Bonchev–Trinajstić information content (AvgIpc) is 3.32. The van der Waals surface area contributed by atoms with Gasteiger partial charge in [0, 0.05) is 11.4 Å². The maximum Gasteiger partial charge on any atom is 0.261 e. The third kappa shape index (κ3) is 4.12. The molecule has 0 radical (unpaired) electrons. The number of rotatable bonds is 6. The molecular formula is C25H27NO4S. The monoisotopic (exact) mass is 437 g/mol. The lowest BCUT2D eigenvalue weighted by Crippen LogP contribution is -2.42. The van der Waals surface area contributed by atoms with Crippen molar-refractivity contribution in [2.24, 2.45) is 0 Å². The summed E-state index contributed by atoms with van der Waals surface area (Å²) in [5.41, 5.74) is 4.46. The van der Waals surface area contributed by atoms with E-state index < -0.39 is 0 Å². The second kappa shape index (κ2) is 9.02. The van der Waals surface area contributed by atoms with Gasteiger partial charge in [-0.25, -0.2) is 0 Å². The number of carbonyl (C=O) groups excluding carboxylic acids is 1. The zero-order chi connectivity index (χ0) is 22.0. The summed E-state index contributed by atoms with van der Waals surface area (Å²) in [6, 6.07) is 13.9. The van der Waals surface area contributed by atoms with Crippen LogP contribution in [0.4, 0.5) is 0 Å². The largest absolute Gasteiger partial charge is 0.493 e. The molecule has 4 rings (SSSR count). The molecule has 5 nitrogen and oxygen atoms in total. The molecule has 1 aromatic heterocycles. The molecule has 1 amide bonds. The predicted molar refractivity (Wildman–Crippen MR) is 123 cm³/mol. The van der Waals surface area contributed by atoms with Crippen LogP contribution in [0, 0.1) is 13.8 Å². The highest BCUT2D eigenvalue weighted by Crippen LogP contribution is 2.42. The quantitative estimate of drug-likeness (QED) is 0.548. The molecule has 3 aromatic rings. The lowest BCUT2D eigenvalue weighted by molar-refractivity contribution is -0.135. The summed E-state index contributed by atoms with van der Waals surface area (Å²) in [5.74, 6) is 2.11. The second-order valence-electron chi connectivity index (χ2n) is 7.65. The van der Waals surface area contributed by atoms with Crippen molar-refractivity contribution in [3.05, 3.63) is 75.0 Å². The van der Waals surface area contributed by atoms with Crippen LogP contribution < -0.4 is 14.2 Å². The Morgan fingerprint density at radius 1 is 1.06 bits per heavy atom. The van der Waals surface area contributed by atoms with E-state index in [0.717, 1.165) is 33.7 Å². The van der Waals surface area contributed by atoms with Crippen LogP contribution in [0.25, 0.3) is 0 Å². The molecule has 0 aliphatic carbocycles. The minimum atomic E-state index is -0.168. The zero-order valence-electron chi connectivity index (χ0n) is 18.3. The van der Waals surface area contributed by atoms with Crippen LogP contribution >= 0.6 is 11.3 Å². The maximum atomic E-state index is 13.3. The number of amides is 1. The van der Waals surface area contributed by atoms with Gasteiger partial charge < -0.3 is 19.1 Å². The molecule has 0 bridgehead atoms. The Hall–Kier alpha value is -2.99. The van der Waals surface area contributed by atoms with E-state index in [-0.39, 0.29) is 18.6 Å². The molecule has 31 heavy (non-hydrogen) atoms. The number of hydrogen-bond acceptors (Lipinski definition) is 5.